The summed E-state index contributed by atoms with van der Waals surface area (Å²) in [6, 6.07) is 15.3. The summed E-state index contributed by atoms with van der Waals surface area (Å²) >= 11 is 0. The smallest absolute Gasteiger partial charge is 0.0689 e. The summed E-state index contributed by atoms with van der Waals surface area (Å²) in [6.07, 6.45) is 5.58. The Labute approximate surface area is 133 Å². The average Bonchev–Trinajstić information content (AvgIpc) is 3.04. The van der Waals surface area contributed by atoms with Gasteiger partial charge in [0.1, 0.15) is 0 Å². The quantitative estimate of drug-likeness (QED) is 0.650. The van der Waals surface area contributed by atoms with Gasteiger partial charge in [-0.3, -0.25) is 0 Å². The Morgan fingerprint density at radius 2 is 2.05 bits per heavy atom. The molecule has 0 aromatic heterocycles. The van der Waals surface area contributed by atoms with Crippen LogP contribution in [0.2, 0.25) is 0 Å². The third-order valence-electron chi connectivity index (χ3n) is 4.57. The lowest BCUT2D eigenvalue weighted by Gasteiger charge is -2.16. The number of hydrogen-bond donors (Lipinski definition) is 0. The van der Waals surface area contributed by atoms with E-state index in [0.29, 0.717) is 5.92 Å². The molecule has 114 valence electrons. The van der Waals surface area contributed by atoms with Crippen molar-refractivity contribution in [3.8, 4) is 0 Å². The summed E-state index contributed by atoms with van der Waals surface area (Å²) in [5.41, 5.74) is 4.28. The molecule has 1 atom stereocenters. The van der Waals surface area contributed by atoms with Crippen molar-refractivity contribution in [2.75, 3.05) is 13.2 Å². The van der Waals surface area contributed by atoms with Crippen molar-refractivity contribution in [3.05, 3.63) is 66.3 Å². The van der Waals surface area contributed by atoms with E-state index in [2.05, 4.69) is 56.0 Å². The molecule has 1 heteroatoms. The van der Waals surface area contributed by atoms with Gasteiger partial charge in [0.2, 0.25) is 0 Å². The van der Waals surface area contributed by atoms with Gasteiger partial charge in [-0.05, 0) is 40.3 Å². The van der Waals surface area contributed by atoms with E-state index in [9.17, 15) is 0 Å². The summed E-state index contributed by atoms with van der Waals surface area (Å²) in [5, 5.41) is 2.65. The Hall–Kier alpha value is -1.86. The van der Waals surface area contributed by atoms with Crippen LogP contribution in [0.1, 0.15) is 31.7 Å². The minimum absolute atomic E-state index is 0.367. The zero-order valence-electron chi connectivity index (χ0n) is 13.3. The van der Waals surface area contributed by atoms with Crippen molar-refractivity contribution < 1.29 is 4.74 Å². The van der Waals surface area contributed by atoms with Crippen LogP contribution in [-0.4, -0.2) is 13.2 Å². The fourth-order valence-electron chi connectivity index (χ4n) is 3.34. The second-order valence-corrected chi connectivity index (χ2v) is 5.99. The number of hydrogen-bond acceptors (Lipinski definition) is 1. The third kappa shape index (κ3) is 2.86. The van der Waals surface area contributed by atoms with Crippen molar-refractivity contribution in [1.82, 2.24) is 0 Å². The predicted octanol–water partition coefficient (Wildman–Crippen LogP) is 5.62. The number of benzene rings is 2. The average molecular weight is 292 g/mol. The van der Waals surface area contributed by atoms with Crippen molar-refractivity contribution >= 4 is 16.3 Å². The Kier molecular flexibility index (Phi) is 4.74. The van der Waals surface area contributed by atoms with Crippen LogP contribution in [0.5, 0.6) is 0 Å². The van der Waals surface area contributed by atoms with Gasteiger partial charge < -0.3 is 4.74 Å². The van der Waals surface area contributed by atoms with Gasteiger partial charge in [0.05, 0.1) is 13.2 Å². The standard InChI is InChI=1S/C21H24O/c1-3-5-11-20(21-15-22-14-16(21)4-2)19-13-8-10-17-9-6-7-12-18(17)19/h4,6-10,12-13,16H,2-3,5,11,14-15H2,1H3/b21-20-. The Bertz CT molecular complexity index is 691. The van der Waals surface area contributed by atoms with Crippen LogP contribution < -0.4 is 0 Å². The predicted molar refractivity (Wildman–Crippen MR) is 94.9 cm³/mol. The second kappa shape index (κ2) is 6.93. The van der Waals surface area contributed by atoms with Crippen LogP contribution in [0, 0.1) is 5.92 Å². The Morgan fingerprint density at radius 1 is 1.23 bits per heavy atom. The first-order valence-electron chi connectivity index (χ1n) is 8.25. The number of rotatable bonds is 5. The first-order chi connectivity index (χ1) is 10.8. The van der Waals surface area contributed by atoms with E-state index >= 15 is 0 Å². The monoisotopic (exact) mass is 292 g/mol. The maximum absolute atomic E-state index is 5.73. The normalized spacial score (nSPS) is 20.3. The molecule has 2 aromatic rings. The molecule has 0 N–H and O–H groups in total. The van der Waals surface area contributed by atoms with Crippen LogP contribution in [0.15, 0.2) is 60.7 Å². The van der Waals surface area contributed by atoms with Gasteiger partial charge in [-0.15, -0.1) is 6.58 Å². The molecule has 0 aliphatic carbocycles. The topological polar surface area (TPSA) is 9.23 Å². The molecule has 22 heavy (non-hydrogen) atoms. The molecule has 1 saturated heterocycles. The summed E-state index contributed by atoms with van der Waals surface area (Å²) in [5.74, 6) is 0.367. The molecule has 0 saturated carbocycles. The molecule has 0 spiro atoms. The largest absolute Gasteiger partial charge is 0.376 e. The molecule has 3 rings (SSSR count). The van der Waals surface area contributed by atoms with Crippen LogP contribution in [0.4, 0.5) is 0 Å². The first-order valence-corrected chi connectivity index (χ1v) is 8.25. The van der Waals surface area contributed by atoms with E-state index in [1.165, 1.54) is 40.3 Å². The van der Waals surface area contributed by atoms with Crippen LogP contribution in [0.25, 0.3) is 16.3 Å². The van der Waals surface area contributed by atoms with E-state index in [-0.39, 0.29) is 0 Å². The molecule has 0 bridgehead atoms. The highest BCUT2D eigenvalue weighted by atomic mass is 16.5. The van der Waals surface area contributed by atoms with Gasteiger partial charge in [-0.25, -0.2) is 0 Å². The Morgan fingerprint density at radius 3 is 2.86 bits per heavy atom. The SMILES string of the molecule is C=CC1COC/C1=C(\CCCC)c1cccc2ccccc12. The zero-order chi connectivity index (χ0) is 15.4. The molecular weight excluding hydrogens is 268 g/mol. The van der Waals surface area contributed by atoms with Gasteiger partial charge in [0, 0.05) is 5.92 Å². The molecule has 1 heterocycles. The van der Waals surface area contributed by atoms with E-state index < -0.39 is 0 Å². The maximum Gasteiger partial charge on any atom is 0.0689 e. The molecule has 0 amide bonds. The van der Waals surface area contributed by atoms with Crippen molar-refractivity contribution in [2.24, 2.45) is 5.92 Å². The fourth-order valence-corrected chi connectivity index (χ4v) is 3.34. The van der Waals surface area contributed by atoms with E-state index in [1.807, 2.05) is 6.08 Å². The molecule has 1 nitrogen and oxygen atoms in total. The van der Waals surface area contributed by atoms with E-state index in [0.717, 1.165) is 19.6 Å². The lowest BCUT2D eigenvalue weighted by atomic mass is 9.87. The van der Waals surface area contributed by atoms with Gasteiger partial charge >= 0.3 is 0 Å². The van der Waals surface area contributed by atoms with Gasteiger partial charge in [0.25, 0.3) is 0 Å². The second-order valence-electron chi connectivity index (χ2n) is 5.99. The van der Waals surface area contributed by atoms with Crippen molar-refractivity contribution in [1.29, 1.82) is 0 Å². The van der Waals surface area contributed by atoms with Crippen molar-refractivity contribution in [3.63, 3.8) is 0 Å². The van der Waals surface area contributed by atoms with Gasteiger partial charge in [-0.1, -0.05) is 61.9 Å². The van der Waals surface area contributed by atoms with E-state index in [4.69, 9.17) is 4.74 Å². The molecule has 1 fully saturated rings. The first kappa shape index (κ1) is 15.1. The highest BCUT2D eigenvalue weighted by Gasteiger charge is 2.23. The molecule has 1 unspecified atom stereocenters. The fraction of sp³-hybridized carbons (Fsp3) is 0.333. The lowest BCUT2D eigenvalue weighted by Crippen LogP contribution is -2.02. The highest BCUT2D eigenvalue weighted by Crippen LogP contribution is 2.36. The third-order valence-corrected chi connectivity index (χ3v) is 4.57. The zero-order valence-corrected chi connectivity index (χ0v) is 13.3. The molecular formula is C21H24O. The van der Waals surface area contributed by atoms with Crippen molar-refractivity contribution in [2.45, 2.75) is 26.2 Å². The number of unbranched alkanes of at least 4 members (excludes halogenated alkanes) is 1. The molecule has 0 radical (unpaired) electrons. The van der Waals surface area contributed by atoms with Crippen LogP contribution >= 0.6 is 0 Å². The lowest BCUT2D eigenvalue weighted by molar-refractivity contribution is 0.195. The molecule has 2 aromatic carbocycles. The number of allylic oxidation sites excluding steroid dienone is 1. The van der Waals surface area contributed by atoms with Crippen LogP contribution in [0.3, 0.4) is 0 Å². The molecule has 1 aliphatic rings. The summed E-state index contributed by atoms with van der Waals surface area (Å²) in [4.78, 5) is 0. The minimum Gasteiger partial charge on any atom is -0.376 e. The van der Waals surface area contributed by atoms with Gasteiger partial charge in [-0.2, -0.15) is 0 Å². The minimum atomic E-state index is 0.367. The number of fused-ring (bicyclic) bond motifs is 1. The summed E-state index contributed by atoms with van der Waals surface area (Å²) in [6.45, 7) is 7.77. The van der Waals surface area contributed by atoms with E-state index in [1.54, 1.807) is 0 Å². The Balaban J connectivity index is 2.16. The highest BCUT2D eigenvalue weighted by molar-refractivity contribution is 5.94. The molecule has 1 aliphatic heterocycles. The van der Waals surface area contributed by atoms with Crippen LogP contribution in [-0.2, 0) is 4.74 Å². The number of ether oxygens (including phenoxy) is 1. The van der Waals surface area contributed by atoms with Gasteiger partial charge in [0.15, 0.2) is 0 Å². The summed E-state index contributed by atoms with van der Waals surface area (Å²) in [7, 11) is 0. The maximum atomic E-state index is 5.73. The summed E-state index contributed by atoms with van der Waals surface area (Å²) < 4.78 is 5.73.